The normalized spacial score (nSPS) is 17.8. The highest BCUT2D eigenvalue weighted by molar-refractivity contribution is 6.06. The van der Waals surface area contributed by atoms with Gasteiger partial charge in [-0.15, -0.1) is 0 Å². The van der Waals surface area contributed by atoms with E-state index < -0.39 is 6.04 Å². The third-order valence-electron chi connectivity index (χ3n) is 5.77. The molecule has 3 aromatic rings. The highest BCUT2D eigenvalue weighted by Gasteiger charge is 2.39. The number of aliphatic imine (C=N–C) groups is 1. The number of amides is 1. The fraction of sp³-hybridized carbons (Fsp3) is 0.154. The fourth-order valence-electron chi connectivity index (χ4n) is 4.16. The largest absolute Gasteiger partial charge is 0.508 e. The van der Waals surface area contributed by atoms with Crippen molar-refractivity contribution < 1.29 is 15.0 Å². The number of allylic oxidation sites excluding steroid dienone is 1. The minimum atomic E-state index is -0.404. The van der Waals surface area contributed by atoms with E-state index in [1.54, 1.807) is 35.2 Å². The Bertz CT molecular complexity index is 1220. The van der Waals surface area contributed by atoms with E-state index in [0.717, 1.165) is 33.9 Å². The van der Waals surface area contributed by atoms with E-state index in [-0.39, 0.29) is 17.4 Å². The Labute approximate surface area is 186 Å². The molecule has 2 aliphatic heterocycles. The van der Waals surface area contributed by atoms with Gasteiger partial charge in [-0.2, -0.15) is 0 Å². The van der Waals surface area contributed by atoms with Crippen molar-refractivity contribution in [2.45, 2.75) is 18.9 Å². The number of rotatable bonds is 5. The van der Waals surface area contributed by atoms with Gasteiger partial charge in [-0.1, -0.05) is 54.6 Å². The molecule has 0 aromatic heterocycles. The number of carbonyl (C=O) groups is 1. The lowest BCUT2D eigenvalue weighted by Gasteiger charge is -2.25. The number of phenols is 2. The SMILES string of the molecule is O=C1C(Cc2ccc(O)cc2)NC2=C(Cc3ccccc3)N=C(c3cccc(O)c3)CN12. The summed E-state index contributed by atoms with van der Waals surface area (Å²) in [6.45, 7) is 0.342. The van der Waals surface area contributed by atoms with Crippen LogP contribution in [0.2, 0.25) is 0 Å². The molecule has 5 rings (SSSR count). The van der Waals surface area contributed by atoms with Gasteiger partial charge in [0.05, 0.1) is 18.0 Å². The number of hydrogen-bond donors (Lipinski definition) is 3. The van der Waals surface area contributed by atoms with Crippen LogP contribution in [0.3, 0.4) is 0 Å². The van der Waals surface area contributed by atoms with Crippen LogP contribution in [-0.2, 0) is 17.6 Å². The van der Waals surface area contributed by atoms with Gasteiger partial charge in [-0.05, 0) is 35.4 Å². The molecule has 1 atom stereocenters. The van der Waals surface area contributed by atoms with Gasteiger partial charge in [0.25, 0.3) is 5.91 Å². The lowest BCUT2D eigenvalue weighted by Crippen LogP contribution is -2.36. The number of hydrogen-bond acceptors (Lipinski definition) is 5. The highest BCUT2D eigenvalue weighted by Crippen LogP contribution is 2.28. The van der Waals surface area contributed by atoms with Gasteiger partial charge in [-0.25, -0.2) is 0 Å². The Hall–Kier alpha value is -4.06. The van der Waals surface area contributed by atoms with Crippen LogP contribution in [0.15, 0.2) is 95.4 Å². The Morgan fingerprint density at radius 2 is 1.69 bits per heavy atom. The maximum Gasteiger partial charge on any atom is 0.251 e. The third-order valence-corrected chi connectivity index (χ3v) is 5.77. The molecular formula is C26H23N3O3. The minimum Gasteiger partial charge on any atom is -0.508 e. The molecule has 2 heterocycles. The summed E-state index contributed by atoms with van der Waals surface area (Å²) in [4.78, 5) is 20.0. The van der Waals surface area contributed by atoms with Crippen molar-refractivity contribution in [3.63, 3.8) is 0 Å². The molecule has 6 nitrogen and oxygen atoms in total. The molecule has 6 heteroatoms. The van der Waals surface area contributed by atoms with Gasteiger partial charge >= 0.3 is 0 Å². The van der Waals surface area contributed by atoms with Gasteiger partial charge in [0, 0.05) is 18.4 Å². The summed E-state index contributed by atoms with van der Waals surface area (Å²) in [5, 5.41) is 22.9. The van der Waals surface area contributed by atoms with Crippen LogP contribution in [0.1, 0.15) is 16.7 Å². The smallest absolute Gasteiger partial charge is 0.251 e. The van der Waals surface area contributed by atoms with Crippen molar-refractivity contribution in [1.82, 2.24) is 10.2 Å². The average Bonchev–Trinajstić information content (AvgIpc) is 3.12. The third kappa shape index (κ3) is 3.95. The number of carbonyl (C=O) groups excluding carboxylic acids is 1. The molecule has 3 N–H and O–H groups in total. The molecule has 0 spiro atoms. The summed E-state index contributed by atoms with van der Waals surface area (Å²) in [5.74, 6) is 1.10. The van der Waals surface area contributed by atoms with Gasteiger partial charge in [0.1, 0.15) is 23.4 Å². The van der Waals surface area contributed by atoms with Gasteiger partial charge in [0.15, 0.2) is 0 Å². The first-order chi connectivity index (χ1) is 15.6. The van der Waals surface area contributed by atoms with Crippen molar-refractivity contribution in [3.05, 3.63) is 107 Å². The molecule has 32 heavy (non-hydrogen) atoms. The number of benzene rings is 3. The van der Waals surface area contributed by atoms with E-state index in [4.69, 9.17) is 4.99 Å². The molecule has 160 valence electrons. The molecular weight excluding hydrogens is 402 g/mol. The Kier molecular flexibility index (Phi) is 5.11. The average molecular weight is 425 g/mol. The number of nitrogens with one attached hydrogen (secondary N) is 1. The van der Waals surface area contributed by atoms with Crippen molar-refractivity contribution in [2.75, 3.05) is 6.54 Å². The first-order valence-electron chi connectivity index (χ1n) is 10.6. The zero-order valence-electron chi connectivity index (χ0n) is 17.4. The highest BCUT2D eigenvalue weighted by atomic mass is 16.3. The first-order valence-corrected chi connectivity index (χ1v) is 10.6. The minimum absolute atomic E-state index is 0.00816. The first kappa shape index (κ1) is 19.9. The monoisotopic (exact) mass is 425 g/mol. The van der Waals surface area contributed by atoms with Crippen LogP contribution in [0.5, 0.6) is 11.5 Å². The molecule has 0 radical (unpaired) electrons. The molecule has 1 amide bonds. The van der Waals surface area contributed by atoms with Gasteiger partial charge in [-0.3, -0.25) is 14.7 Å². The molecule has 1 unspecified atom stereocenters. The van der Waals surface area contributed by atoms with Crippen molar-refractivity contribution in [2.24, 2.45) is 4.99 Å². The molecule has 3 aromatic carbocycles. The van der Waals surface area contributed by atoms with Crippen LogP contribution < -0.4 is 5.32 Å². The van der Waals surface area contributed by atoms with Crippen LogP contribution >= 0.6 is 0 Å². The standard InChI is InChI=1S/C26H23N3O3/c30-20-11-9-18(10-12-20)14-23-26(32)29-16-24(19-7-4-8-21(31)15-19)27-22(25(29)28-23)13-17-5-2-1-3-6-17/h1-12,15,23,28,30-31H,13-14,16H2. The second-order valence-corrected chi connectivity index (χ2v) is 8.06. The lowest BCUT2D eigenvalue weighted by atomic mass is 10.0. The number of aromatic hydroxyl groups is 2. The molecule has 0 saturated carbocycles. The number of fused-ring (bicyclic) bond motifs is 1. The van der Waals surface area contributed by atoms with Gasteiger partial charge < -0.3 is 15.5 Å². The van der Waals surface area contributed by atoms with Gasteiger partial charge in [0.2, 0.25) is 0 Å². The lowest BCUT2D eigenvalue weighted by molar-refractivity contribution is -0.127. The number of phenolic OH excluding ortho intramolecular Hbond substituents is 2. The summed E-state index contributed by atoms with van der Waals surface area (Å²) >= 11 is 0. The Balaban J connectivity index is 1.49. The fourth-order valence-corrected chi connectivity index (χ4v) is 4.16. The molecule has 1 fully saturated rings. The maximum absolute atomic E-state index is 13.3. The van der Waals surface area contributed by atoms with Crippen LogP contribution in [-0.4, -0.2) is 39.3 Å². The summed E-state index contributed by atoms with van der Waals surface area (Å²) < 4.78 is 0. The predicted molar refractivity (Wildman–Crippen MR) is 122 cm³/mol. The second-order valence-electron chi connectivity index (χ2n) is 8.06. The van der Waals surface area contributed by atoms with E-state index in [0.29, 0.717) is 19.4 Å². The van der Waals surface area contributed by atoms with Crippen LogP contribution in [0.4, 0.5) is 0 Å². The number of nitrogens with zero attached hydrogens (tertiary/aromatic N) is 2. The summed E-state index contributed by atoms with van der Waals surface area (Å²) in [6.07, 6.45) is 1.10. The summed E-state index contributed by atoms with van der Waals surface area (Å²) in [7, 11) is 0. The summed E-state index contributed by atoms with van der Waals surface area (Å²) in [5.41, 5.74) is 4.41. The summed E-state index contributed by atoms with van der Waals surface area (Å²) in [6, 6.07) is 23.5. The molecule has 0 aliphatic carbocycles. The quantitative estimate of drug-likeness (QED) is 0.585. The van der Waals surface area contributed by atoms with Crippen molar-refractivity contribution >= 4 is 11.6 Å². The predicted octanol–water partition coefficient (Wildman–Crippen LogP) is 3.36. The van der Waals surface area contributed by atoms with Crippen LogP contribution in [0, 0.1) is 0 Å². The van der Waals surface area contributed by atoms with E-state index in [1.165, 1.54) is 0 Å². The van der Waals surface area contributed by atoms with Crippen LogP contribution in [0.25, 0.3) is 0 Å². The topological polar surface area (TPSA) is 85.2 Å². The molecule has 1 saturated heterocycles. The molecule has 0 bridgehead atoms. The molecule has 2 aliphatic rings. The van der Waals surface area contributed by atoms with E-state index in [9.17, 15) is 15.0 Å². The van der Waals surface area contributed by atoms with Crippen molar-refractivity contribution in [3.8, 4) is 11.5 Å². The van der Waals surface area contributed by atoms with E-state index >= 15 is 0 Å². The van der Waals surface area contributed by atoms with E-state index in [1.807, 2.05) is 48.5 Å². The Morgan fingerprint density at radius 1 is 0.906 bits per heavy atom. The maximum atomic E-state index is 13.3. The zero-order chi connectivity index (χ0) is 22.1. The van der Waals surface area contributed by atoms with Crippen molar-refractivity contribution in [1.29, 1.82) is 0 Å². The van der Waals surface area contributed by atoms with E-state index in [2.05, 4.69) is 5.32 Å². The second kappa shape index (κ2) is 8.23. The Morgan fingerprint density at radius 3 is 2.44 bits per heavy atom. The zero-order valence-corrected chi connectivity index (χ0v) is 17.4.